The number of benzene rings is 1. The third kappa shape index (κ3) is 2.74. The molecule has 0 aliphatic heterocycles. The van der Waals surface area contributed by atoms with Crippen LogP contribution in [0.5, 0.6) is 0 Å². The Balaban J connectivity index is 2.12. The maximum atomic E-state index is 6.28. The second-order valence-electron chi connectivity index (χ2n) is 4.00. The molecule has 0 atom stereocenters. The van der Waals surface area contributed by atoms with E-state index in [-0.39, 0.29) is 0 Å². The van der Waals surface area contributed by atoms with Crippen molar-refractivity contribution in [3.05, 3.63) is 56.6 Å². The molecule has 2 aromatic heterocycles. The second-order valence-corrected chi connectivity index (χ2v) is 6.54. The molecule has 0 saturated heterocycles. The molecule has 20 heavy (non-hydrogen) atoms. The van der Waals surface area contributed by atoms with E-state index in [1.807, 2.05) is 41.8 Å². The number of aromatic nitrogens is 2. The highest BCUT2D eigenvalue weighted by Gasteiger charge is 2.15. The van der Waals surface area contributed by atoms with Gasteiger partial charge in [0.15, 0.2) is 5.82 Å². The van der Waals surface area contributed by atoms with E-state index in [1.54, 1.807) is 0 Å². The lowest BCUT2D eigenvalue weighted by molar-refractivity contribution is 1.19. The molecule has 0 amide bonds. The summed E-state index contributed by atoms with van der Waals surface area (Å²) in [6.07, 6.45) is 0. The Morgan fingerprint density at radius 2 is 1.65 bits per heavy atom. The van der Waals surface area contributed by atoms with Crippen molar-refractivity contribution in [3.63, 3.8) is 0 Å². The molecule has 0 radical (unpaired) electrons. The summed E-state index contributed by atoms with van der Waals surface area (Å²) in [7, 11) is 0. The molecule has 2 nitrogen and oxygen atoms in total. The van der Waals surface area contributed by atoms with Crippen molar-refractivity contribution in [1.82, 2.24) is 9.97 Å². The molecule has 0 N–H and O–H groups in total. The van der Waals surface area contributed by atoms with Crippen LogP contribution in [0.2, 0.25) is 10.3 Å². The molecule has 0 fully saturated rings. The van der Waals surface area contributed by atoms with Gasteiger partial charge in [-0.25, -0.2) is 9.97 Å². The Labute approximate surface area is 138 Å². The predicted octanol–water partition coefficient (Wildman–Crippen LogP) is 5.94. The lowest BCUT2D eigenvalue weighted by Gasteiger charge is -2.07. The summed E-state index contributed by atoms with van der Waals surface area (Å²) in [6.45, 7) is 0. The zero-order chi connectivity index (χ0) is 14.1. The first-order valence-electron chi connectivity index (χ1n) is 5.68. The first kappa shape index (κ1) is 14.0. The summed E-state index contributed by atoms with van der Waals surface area (Å²) in [4.78, 5) is 9.62. The summed E-state index contributed by atoms with van der Waals surface area (Å²) in [5, 5.41) is 2.68. The quantitative estimate of drug-likeness (QED) is 0.510. The van der Waals surface area contributed by atoms with E-state index in [1.165, 1.54) is 11.3 Å². The molecule has 0 spiro atoms. The van der Waals surface area contributed by atoms with Crippen molar-refractivity contribution in [2.75, 3.05) is 0 Å². The zero-order valence-electron chi connectivity index (χ0n) is 9.98. The van der Waals surface area contributed by atoms with Crippen molar-refractivity contribution < 1.29 is 0 Å². The Hall–Kier alpha value is -0.940. The average molecular weight is 386 g/mol. The van der Waals surface area contributed by atoms with Gasteiger partial charge < -0.3 is 0 Å². The van der Waals surface area contributed by atoms with E-state index in [0.717, 1.165) is 14.9 Å². The van der Waals surface area contributed by atoms with Crippen molar-refractivity contribution >= 4 is 50.5 Å². The standard InChI is InChI=1S/C14H7BrCl2N2S/c15-9-6-10(20-7-9)14-18-12(16)11(13(17)19-14)8-4-2-1-3-5-8/h1-7H. The molecule has 3 aromatic rings. The minimum Gasteiger partial charge on any atom is -0.215 e. The summed E-state index contributed by atoms with van der Waals surface area (Å²) in [6, 6.07) is 11.6. The number of hydrogen-bond acceptors (Lipinski definition) is 3. The molecule has 1 aromatic carbocycles. The van der Waals surface area contributed by atoms with Gasteiger partial charge >= 0.3 is 0 Å². The molecule has 6 heteroatoms. The number of hydrogen-bond donors (Lipinski definition) is 0. The van der Waals surface area contributed by atoms with Crippen LogP contribution in [0.1, 0.15) is 0 Å². The molecule has 0 aliphatic carbocycles. The highest BCUT2D eigenvalue weighted by atomic mass is 79.9. The van der Waals surface area contributed by atoms with Gasteiger partial charge in [0.05, 0.1) is 10.4 Å². The highest BCUT2D eigenvalue weighted by molar-refractivity contribution is 9.10. The molecule has 0 bridgehead atoms. The van der Waals surface area contributed by atoms with Crippen LogP contribution < -0.4 is 0 Å². The summed E-state index contributed by atoms with van der Waals surface area (Å²) < 4.78 is 0.987. The average Bonchev–Trinajstić information content (AvgIpc) is 2.86. The SMILES string of the molecule is Clc1nc(-c2cc(Br)cs2)nc(Cl)c1-c1ccccc1. The Kier molecular flexibility index (Phi) is 4.08. The third-order valence-electron chi connectivity index (χ3n) is 2.67. The van der Waals surface area contributed by atoms with Crippen molar-refractivity contribution in [1.29, 1.82) is 0 Å². The zero-order valence-corrected chi connectivity index (χ0v) is 13.9. The van der Waals surface area contributed by atoms with E-state index < -0.39 is 0 Å². The number of halogens is 3. The van der Waals surface area contributed by atoms with Crippen LogP contribution in [0.4, 0.5) is 0 Å². The highest BCUT2D eigenvalue weighted by Crippen LogP contribution is 2.35. The summed E-state index contributed by atoms with van der Waals surface area (Å²) >= 11 is 17.5. The van der Waals surface area contributed by atoms with Crippen molar-refractivity contribution in [3.8, 4) is 21.8 Å². The second kappa shape index (κ2) is 5.82. The van der Waals surface area contributed by atoms with E-state index in [2.05, 4.69) is 25.9 Å². The minimum absolute atomic E-state index is 0.357. The van der Waals surface area contributed by atoms with Gasteiger partial charge in [-0.1, -0.05) is 53.5 Å². The van der Waals surface area contributed by atoms with Gasteiger partial charge in [0, 0.05) is 9.85 Å². The van der Waals surface area contributed by atoms with Crippen LogP contribution in [0.25, 0.3) is 21.8 Å². The number of thiophene rings is 1. The number of nitrogens with zero attached hydrogens (tertiary/aromatic N) is 2. The van der Waals surface area contributed by atoms with E-state index in [0.29, 0.717) is 21.7 Å². The summed E-state index contributed by atoms with van der Waals surface area (Å²) in [5.41, 5.74) is 1.56. The van der Waals surface area contributed by atoms with Gasteiger partial charge in [-0.15, -0.1) is 11.3 Å². The minimum atomic E-state index is 0.357. The molecular formula is C14H7BrCl2N2S. The van der Waals surface area contributed by atoms with Crippen LogP contribution in [0.3, 0.4) is 0 Å². The Morgan fingerprint density at radius 1 is 1.00 bits per heavy atom. The molecular weight excluding hydrogens is 379 g/mol. The van der Waals surface area contributed by atoms with Gasteiger partial charge in [-0.2, -0.15) is 0 Å². The normalized spacial score (nSPS) is 10.8. The lowest BCUT2D eigenvalue weighted by Crippen LogP contribution is -1.93. The molecule has 0 saturated carbocycles. The molecule has 3 rings (SSSR count). The topological polar surface area (TPSA) is 25.8 Å². The van der Waals surface area contributed by atoms with Gasteiger partial charge in [-0.05, 0) is 27.6 Å². The maximum absolute atomic E-state index is 6.28. The maximum Gasteiger partial charge on any atom is 0.172 e. The Morgan fingerprint density at radius 3 is 2.20 bits per heavy atom. The molecule has 0 aliphatic rings. The van der Waals surface area contributed by atoms with E-state index >= 15 is 0 Å². The summed E-state index contributed by atoms with van der Waals surface area (Å²) in [5.74, 6) is 0.537. The number of rotatable bonds is 2. The van der Waals surface area contributed by atoms with Gasteiger partial charge in [0.1, 0.15) is 10.3 Å². The van der Waals surface area contributed by atoms with E-state index in [9.17, 15) is 0 Å². The third-order valence-corrected chi connectivity index (χ3v) is 4.91. The fourth-order valence-corrected chi connectivity index (χ4v) is 3.76. The van der Waals surface area contributed by atoms with Crippen molar-refractivity contribution in [2.45, 2.75) is 0 Å². The van der Waals surface area contributed by atoms with Crippen LogP contribution >= 0.6 is 50.5 Å². The fraction of sp³-hybridized carbons (Fsp3) is 0. The molecule has 0 unspecified atom stereocenters. The Bertz CT molecular complexity index is 736. The van der Waals surface area contributed by atoms with Crippen LogP contribution in [-0.4, -0.2) is 9.97 Å². The first-order valence-corrected chi connectivity index (χ1v) is 8.11. The van der Waals surface area contributed by atoms with Gasteiger partial charge in [-0.3, -0.25) is 0 Å². The van der Waals surface area contributed by atoms with Gasteiger partial charge in [0.25, 0.3) is 0 Å². The smallest absolute Gasteiger partial charge is 0.172 e. The van der Waals surface area contributed by atoms with Crippen LogP contribution in [-0.2, 0) is 0 Å². The van der Waals surface area contributed by atoms with Crippen LogP contribution in [0.15, 0.2) is 46.3 Å². The predicted molar refractivity (Wildman–Crippen MR) is 88.5 cm³/mol. The van der Waals surface area contributed by atoms with Crippen molar-refractivity contribution in [2.24, 2.45) is 0 Å². The lowest BCUT2D eigenvalue weighted by atomic mass is 10.1. The monoisotopic (exact) mass is 384 g/mol. The van der Waals surface area contributed by atoms with Gasteiger partial charge in [0.2, 0.25) is 0 Å². The van der Waals surface area contributed by atoms with E-state index in [4.69, 9.17) is 23.2 Å². The van der Waals surface area contributed by atoms with Crippen LogP contribution in [0, 0.1) is 0 Å². The fourth-order valence-electron chi connectivity index (χ4n) is 1.79. The molecule has 100 valence electrons. The first-order chi connectivity index (χ1) is 9.65. The molecule has 2 heterocycles. The largest absolute Gasteiger partial charge is 0.215 e.